The van der Waals surface area contributed by atoms with Crippen molar-refractivity contribution < 1.29 is 76.7 Å². The third kappa shape index (κ3) is 25.4. The van der Waals surface area contributed by atoms with Gasteiger partial charge in [-0.25, -0.2) is 4.79 Å². The third-order valence-electron chi connectivity index (χ3n) is 9.84. The number of anilines is 1. The molecule has 0 bridgehead atoms. The number of esters is 1. The van der Waals surface area contributed by atoms with Gasteiger partial charge in [-0.05, 0) is 42.9 Å². The van der Waals surface area contributed by atoms with Crippen LogP contribution in [-0.2, 0) is 73.4 Å². The van der Waals surface area contributed by atoms with Crippen molar-refractivity contribution in [3.8, 4) is 0 Å². The van der Waals surface area contributed by atoms with Crippen LogP contribution in [0.2, 0.25) is 0 Å². The molecule has 1 aliphatic rings. The van der Waals surface area contributed by atoms with Crippen LogP contribution in [0.25, 0.3) is 0 Å². The molecule has 69 heavy (non-hydrogen) atoms. The van der Waals surface area contributed by atoms with Gasteiger partial charge in [0.1, 0.15) is 24.7 Å². The molecule has 1 aromatic rings. The van der Waals surface area contributed by atoms with Gasteiger partial charge in [-0.2, -0.15) is 0 Å². The Morgan fingerprint density at radius 3 is 1.78 bits per heavy atom. The van der Waals surface area contributed by atoms with Crippen molar-refractivity contribution in [2.75, 3.05) is 77.8 Å². The number of hydrogen-bond donors (Lipinski definition) is 8. The molecular weight excluding hydrogens is 909 g/mol. The second-order valence-corrected chi connectivity index (χ2v) is 16.2. The first-order chi connectivity index (χ1) is 32.9. The van der Waals surface area contributed by atoms with Crippen molar-refractivity contribution in [2.45, 2.75) is 91.0 Å². The zero-order chi connectivity index (χ0) is 51.1. The second-order valence-electron chi connectivity index (χ2n) is 16.2. The molecule has 1 aromatic carbocycles. The largest absolute Gasteiger partial charge is 0.481 e. The molecule has 1 heterocycles. The van der Waals surface area contributed by atoms with Gasteiger partial charge in [0.25, 0.3) is 11.8 Å². The second kappa shape index (κ2) is 33.1. The Morgan fingerprint density at radius 1 is 0.638 bits per heavy atom. The Bertz CT molecular complexity index is 1880. The Kier molecular flexibility index (Phi) is 28.1. The standard InChI is InChI=1S/C45H68N8O16/c1-29(2)40(43(62)51-33(6-5-17-48-45(46)64)41(60)49-32-9-7-31(8-10-32)28-69-44(63)30(3)4)52-42(61)34(11-14-39(58)59)50-36(55)16-20-65-22-24-67-26-27-68-25-23-66-21-18-47-35(54)15-19-53-37(56)12-13-38(53)57/h7-10,12-13,29-30,33-34,40H,5-6,11,14-28H2,1-4H3,(H,47,54)(H,49,60)(H,50,55)(H,51,62)(H,52,61)(H,58,59)(H3,46,48,64)/t33-,34-,40-/m0/s1. The van der Waals surface area contributed by atoms with Crippen LogP contribution in [0.5, 0.6) is 0 Å². The van der Waals surface area contributed by atoms with Gasteiger partial charge in [-0.3, -0.25) is 48.1 Å². The van der Waals surface area contributed by atoms with Gasteiger partial charge in [0.15, 0.2) is 0 Å². The minimum absolute atomic E-state index is 0.00170. The lowest BCUT2D eigenvalue weighted by atomic mass is 10.0. The smallest absolute Gasteiger partial charge is 0.312 e. The highest BCUT2D eigenvalue weighted by molar-refractivity contribution is 6.13. The number of imide groups is 1. The summed E-state index contributed by atoms with van der Waals surface area (Å²) >= 11 is 0. The number of ether oxygens (including phenoxy) is 5. The number of primary amides is 1. The number of amides is 9. The number of urea groups is 1. The summed E-state index contributed by atoms with van der Waals surface area (Å²) in [4.78, 5) is 124. The molecule has 0 fully saturated rings. The molecule has 0 radical (unpaired) electrons. The molecule has 9 amide bonds. The number of carboxylic acid groups (broad SMARTS) is 1. The lowest BCUT2D eigenvalue weighted by Gasteiger charge is -2.27. The van der Waals surface area contributed by atoms with Crippen molar-refractivity contribution >= 4 is 65.0 Å². The summed E-state index contributed by atoms with van der Waals surface area (Å²) in [6.45, 7) is 8.73. The summed E-state index contributed by atoms with van der Waals surface area (Å²) in [5.74, 6) is -6.37. The van der Waals surface area contributed by atoms with E-state index in [1.165, 1.54) is 0 Å². The fourth-order valence-electron chi connectivity index (χ4n) is 6.02. The Balaban J connectivity index is 1.77. The van der Waals surface area contributed by atoms with E-state index < -0.39 is 77.9 Å². The molecule has 0 saturated heterocycles. The highest BCUT2D eigenvalue weighted by Gasteiger charge is 2.32. The number of aliphatic carboxylic acids is 1. The van der Waals surface area contributed by atoms with Crippen molar-refractivity contribution in [1.29, 1.82) is 0 Å². The van der Waals surface area contributed by atoms with E-state index in [1.54, 1.807) is 52.0 Å². The average molecular weight is 977 g/mol. The number of nitrogens with one attached hydrogen (secondary N) is 6. The fourth-order valence-corrected chi connectivity index (χ4v) is 6.02. The van der Waals surface area contributed by atoms with E-state index in [4.69, 9.17) is 29.4 Å². The van der Waals surface area contributed by atoms with Gasteiger partial charge < -0.3 is 66.4 Å². The van der Waals surface area contributed by atoms with E-state index >= 15 is 0 Å². The summed E-state index contributed by atoms with van der Waals surface area (Å²) in [5.41, 5.74) is 6.22. The molecule has 9 N–H and O–H groups in total. The summed E-state index contributed by atoms with van der Waals surface area (Å²) in [7, 11) is 0. The van der Waals surface area contributed by atoms with Crippen LogP contribution >= 0.6 is 0 Å². The SMILES string of the molecule is CC(C)C(=O)OCc1ccc(NC(=O)[C@H](CCCNC(N)=O)NC(=O)[C@@H](NC(=O)[C@H](CCC(=O)O)NC(=O)CCOCCOCCOCCOCCNC(=O)CCN2C(=O)C=CC2=O)C(C)C)cc1. The maximum Gasteiger partial charge on any atom is 0.312 e. The molecule has 2 rings (SSSR count). The molecule has 0 aromatic heterocycles. The molecule has 24 heteroatoms. The van der Waals surface area contributed by atoms with E-state index in [0.29, 0.717) is 11.3 Å². The quantitative estimate of drug-likeness (QED) is 0.0242. The minimum atomic E-state index is -1.33. The molecule has 0 saturated carbocycles. The van der Waals surface area contributed by atoms with Gasteiger partial charge >= 0.3 is 18.0 Å². The summed E-state index contributed by atoms with van der Waals surface area (Å²) in [5, 5.41) is 24.9. The summed E-state index contributed by atoms with van der Waals surface area (Å²) in [6.07, 6.45) is 1.66. The molecule has 0 spiro atoms. The number of carbonyl (C=O) groups excluding carboxylic acids is 9. The van der Waals surface area contributed by atoms with Crippen molar-refractivity contribution in [3.63, 3.8) is 0 Å². The average Bonchev–Trinajstić information content (AvgIpc) is 3.62. The summed E-state index contributed by atoms with van der Waals surface area (Å²) < 4.78 is 27.0. The topological polar surface area (TPSA) is 339 Å². The lowest BCUT2D eigenvalue weighted by Crippen LogP contribution is -2.58. The first kappa shape index (κ1) is 58.6. The number of rotatable bonds is 36. The van der Waals surface area contributed by atoms with Crippen LogP contribution in [0.3, 0.4) is 0 Å². The van der Waals surface area contributed by atoms with Crippen LogP contribution in [0, 0.1) is 11.8 Å². The van der Waals surface area contributed by atoms with Crippen LogP contribution in [0.15, 0.2) is 36.4 Å². The maximum absolute atomic E-state index is 13.7. The van der Waals surface area contributed by atoms with E-state index in [2.05, 4.69) is 31.9 Å². The first-order valence-corrected chi connectivity index (χ1v) is 22.7. The highest BCUT2D eigenvalue weighted by atomic mass is 16.6. The zero-order valence-corrected chi connectivity index (χ0v) is 39.7. The molecule has 1 aliphatic heterocycles. The number of nitrogens with zero attached hydrogens (tertiary/aromatic N) is 1. The lowest BCUT2D eigenvalue weighted by molar-refractivity contribution is -0.148. The third-order valence-corrected chi connectivity index (χ3v) is 9.84. The first-order valence-electron chi connectivity index (χ1n) is 22.7. The summed E-state index contributed by atoms with van der Waals surface area (Å²) in [6, 6.07) is 2.05. The zero-order valence-electron chi connectivity index (χ0n) is 39.7. The predicted molar refractivity (Wildman–Crippen MR) is 245 cm³/mol. The van der Waals surface area contributed by atoms with Gasteiger partial charge in [0.05, 0.1) is 58.8 Å². The molecule has 24 nitrogen and oxygen atoms in total. The van der Waals surface area contributed by atoms with E-state index in [9.17, 15) is 53.1 Å². The van der Waals surface area contributed by atoms with Gasteiger partial charge in [0.2, 0.25) is 29.5 Å². The highest BCUT2D eigenvalue weighted by Crippen LogP contribution is 2.14. The van der Waals surface area contributed by atoms with E-state index in [1.807, 2.05) is 0 Å². The van der Waals surface area contributed by atoms with Crippen LogP contribution in [0.1, 0.15) is 71.8 Å². The number of carbonyl (C=O) groups is 10. The van der Waals surface area contributed by atoms with Crippen molar-refractivity contribution in [2.24, 2.45) is 17.6 Å². The number of hydrogen-bond acceptors (Lipinski definition) is 15. The van der Waals surface area contributed by atoms with E-state index in [0.717, 1.165) is 17.1 Å². The van der Waals surface area contributed by atoms with Gasteiger partial charge in [0, 0.05) is 56.7 Å². The Hall–Kier alpha value is -6.50. The van der Waals surface area contributed by atoms with E-state index in [-0.39, 0.29) is 129 Å². The minimum Gasteiger partial charge on any atom is -0.481 e. The molecule has 0 aliphatic carbocycles. The Morgan fingerprint density at radius 2 is 1.22 bits per heavy atom. The van der Waals surface area contributed by atoms with Crippen molar-refractivity contribution in [1.82, 2.24) is 31.5 Å². The van der Waals surface area contributed by atoms with Crippen LogP contribution < -0.4 is 37.6 Å². The maximum atomic E-state index is 13.7. The van der Waals surface area contributed by atoms with Crippen molar-refractivity contribution in [3.05, 3.63) is 42.0 Å². The van der Waals surface area contributed by atoms with Crippen LogP contribution in [0.4, 0.5) is 10.5 Å². The predicted octanol–water partition coefficient (Wildman–Crippen LogP) is -0.364. The Labute approximate surface area is 400 Å². The number of nitrogens with two attached hydrogens (primary N) is 1. The molecule has 384 valence electrons. The molecule has 0 unspecified atom stereocenters. The number of benzene rings is 1. The van der Waals surface area contributed by atoms with Gasteiger partial charge in [-0.15, -0.1) is 0 Å². The monoisotopic (exact) mass is 976 g/mol. The normalized spacial score (nSPS) is 13.4. The fraction of sp³-hybridized carbons (Fsp3) is 0.600. The van der Waals surface area contributed by atoms with Gasteiger partial charge in [-0.1, -0.05) is 39.8 Å². The molecule has 3 atom stereocenters. The molecular formula is C45H68N8O16. The van der Waals surface area contributed by atoms with Crippen LogP contribution in [-0.4, -0.2) is 160 Å². The number of carboxylic acids is 1.